The fraction of sp³-hybridized carbons (Fsp3) is 0.417. The molecule has 0 fully saturated rings. The van der Waals surface area contributed by atoms with Crippen LogP contribution in [0.3, 0.4) is 0 Å². The van der Waals surface area contributed by atoms with Crippen molar-refractivity contribution in [3.05, 3.63) is 35.4 Å². The molecule has 0 spiro atoms. The summed E-state index contributed by atoms with van der Waals surface area (Å²) in [5.74, 6) is -0.760. The molecule has 0 saturated heterocycles. The van der Waals surface area contributed by atoms with Crippen molar-refractivity contribution in [1.29, 1.82) is 0 Å². The number of aliphatic imine (C=N–C) groups is 1. The Balaban J connectivity index is 0.00000289. The molecular weight excluding hydrogens is 351 g/mol. The molecule has 0 heterocycles. The van der Waals surface area contributed by atoms with E-state index in [1.54, 1.807) is 0 Å². The second kappa shape index (κ2) is 9.07. The Morgan fingerprint density at radius 2 is 1.89 bits per heavy atom. The monoisotopic (exact) mass is 369 g/mol. The molecule has 0 unspecified atom stereocenters. The van der Waals surface area contributed by atoms with Crippen LogP contribution in [-0.2, 0) is 6.42 Å². The minimum atomic E-state index is -0.562. The van der Waals surface area contributed by atoms with E-state index in [1.807, 2.05) is 6.92 Å². The third-order valence-electron chi connectivity index (χ3n) is 2.15. The summed E-state index contributed by atoms with van der Waals surface area (Å²) in [5.41, 5.74) is 6.17. The summed E-state index contributed by atoms with van der Waals surface area (Å²) < 4.78 is 25.7. The van der Waals surface area contributed by atoms with Crippen molar-refractivity contribution in [3.8, 4) is 0 Å². The van der Waals surface area contributed by atoms with Crippen LogP contribution in [0.4, 0.5) is 8.78 Å². The first-order valence-corrected chi connectivity index (χ1v) is 5.60. The van der Waals surface area contributed by atoms with Gasteiger partial charge in [0.05, 0.1) is 0 Å². The van der Waals surface area contributed by atoms with E-state index in [0.29, 0.717) is 31.0 Å². The van der Waals surface area contributed by atoms with Crippen LogP contribution in [0, 0.1) is 11.6 Å². The van der Waals surface area contributed by atoms with Crippen molar-refractivity contribution in [2.75, 3.05) is 13.1 Å². The fourth-order valence-corrected chi connectivity index (χ4v) is 1.38. The fourth-order valence-electron chi connectivity index (χ4n) is 1.38. The van der Waals surface area contributed by atoms with Gasteiger partial charge in [0.2, 0.25) is 0 Å². The molecule has 0 aliphatic heterocycles. The second-order valence-electron chi connectivity index (χ2n) is 3.72. The normalized spacial score (nSPS) is 10.9. The van der Waals surface area contributed by atoms with E-state index >= 15 is 0 Å². The maximum atomic E-state index is 12.9. The van der Waals surface area contributed by atoms with Gasteiger partial charge in [-0.25, -0.2) is 8.78 Å². The van der Waals surface area contributed by atoms with E-state index in [0.717, 1.165) is 12.5 Å². The molecule has 0 aliphatic carbocycles. The molecule has 0 bridgehead atoms. The predicted molar refractivity (Wildman–Crippen MR) is 80.3 cm³/mol. The Kier molecular flexibility index (Phi) is 8.61. The molecular formula is C12H18F2IN3. The van der Waals surface area contributed by atoms with Gasteiger partial charge in [-0.1, -0.05) is 6.92 Å². The standard InChI is InChI=1S/C12H17F2N3.HI/c1-2-4-16-12(15)17-5-3-9-6-10(13)8-11(14)7-9;/h6-8H,2-5H2,1H3,(H3,15,16,17);1H. The number of nitrogens with two attached hydrogens (primary N) is 1. The molecule has 0 aliphatic rings. The van der Waals surface area contributed by atoms with E-state index in [1.165, 1.54) is 12.1 Å². The van der Waals surface area contributed by atoms with Gasteiger partial charge >= 0.3 is 0 Å². The van der Waals surface area contributed by atoms with Gasteiger partial charge in [-0.3, -0.25) is 4.99 Å². The van der Waals surface area contributed by atoms with Crippen LogP contribution in [0.1, 0.15) is 18.9 Å². The molecule has 3 N–H and O–H groups in total. The van der Waals surface area contributed by atoms with Gasteiger partial charge in [-0.2, -0.15) is 0 Å². The molecule has 102 valence electrons. The summed E-state index contributed by atoms with van der Waals surface area (Å²) in [6, 6.07) is 3.47. The summed E-state index contributed by atoms with van der Waals surface area (Å²) in [6.45, 7) is 3.18. The summed E-state index contributed by atoms with van der Waals surface area (Å²) in [7, 11) is 0. The number of nitrogens with zero attached hydrogens (tertiary/aromatic N) is 1. The average molecular weight is 369 g/mol. The van der Waals surface area contributed by atoms with Crippen LogP contribution >= 0.6 is 24.0 Å². The third-order valence-corrected chi connectivity index (χ3v) is 2.15. The van der Waals surface area contributed by atoms with Crippen LogP contribution in [0.25, 0.3) is 0 Å². The van der Waals surface area contributed by atoms with Crippen molar-refractivity contribution < 1.29 is 8.78 Å². The quantitative estimate of drug-likeness (QED) is 0.476. The molecule has 0 aromatic heterocycles. The first-order chi connectivity index (χ1) is 8.11. The van der Waals surface area contributed by atoms with Crippen molar-refractivity contribution in [2.45, 2.75) is 19.8 Å². The van der Waals surface area contributed by atoms with Gasteiger partial charge in [0.15, 0.2) is 5.96 Å². The molecule has 0 radical (unpaired) electrons. The first-order valence-electron chi connectivity index (χ1n) is 5.60. The molecule has 3 nitrogen and oxygen atoms in total. The average Bonchev–Trinajstić information content (AvgIpc) is 2.25. The number of guanidine groups is 1. The molecule has 0 atom stereocenters. The SMILES string of the molecule is CCCN=C(N)NCCc1cc(F)cc(F)c1.I. The highest BCUT2D eigenvalue weighted by Gasteiger charge is 2.00. The lowest BCUT2D eigenvalue weighted by Gasteiger charge is -2.05. The van der Waals surface area contributed by atoms with Gasteiger partial charge < -0.3 is 11.1 Å². The number of nitrogens with one attached hydrogen (secondary N) is 1. The largest absolute Gasteiger partial charge is 0.370 e. The lowest BCUT2D eigenvalue weighted by Crippen LogP contribution is -2.33. The number of halogens is 3. The number of hydrogen-bond acceptors (Lipinski definition) is 1. The summed E-state index contributed by atoms with van der Waals surface area (Å²) in [4.78, 5) is 4.04. The van der Waals surface area contributed by atoms with Crippen molar-refractivity contribution in [1.82, 2.24) is 5.32 Å². The number of hydrogen-bond donors (Lipinski definition) is 2. The topological polar surface area (TPSA) is 50.4 Å². The highest BCUT2D eigenvalue weighted by molar-refractivity contribution is 14.0. The lowest BCUT2D eigenvalue weighted by atomic mass is 10.1. The van der Waals surface area contributed by atoms with Crippen LogP contribution in [0.5, 0.6) is 0 Å². The smallest absolute Gasteiger partial charge is 0.188 e. The molecule has 1 rings (SSSR count). The molecule has 6 heteroatoms. The Hall–Kier alpha value is -0.920. The van der Waals surface area contributed by atoms with Crippen LogP contribution in [0.2, 0.25) is 0 Å². The summed E-state index contributed by atoms with van der Waals surface area (Å²) in [6.07, 6.45) is 1.43. The maximum Gasteiger partial charge on any atom is 0.188 e. The zero-order chi connectivity index (χ0) is 12.7. The van der Waals surface area contributed by atoms with Gasteiger partial charge in [0.25, 0.3) is 0 Å². The van der Waals surface area contributed by atoms with Crippen LogP contribution in [-0.4, -0.2) is 19.0 Å². The van der Waals surface area contributed by atoms with E-state index in [2.05, 4.69) is 10.3 Å². The van der Waals surface area contributed by atoms with Gasteiger partial charge in [-0.05, 0) is 30.5 Å². The van der Waals surface area contributed by atoms with Crippen molar-refractivity contribution in [3.63, 3.8) is 0 Å². The Morgan fingerprint density at radius 3 is 2.44 bits per heavy atom. The maximum absolute atomic E-state index is 12.9. The van der Waals surface area contributed by atoms with E-state index in [4.69, 9.17) is 5.73 Å². The highest BCUT2D eigenvalue weighted by atomic mass is 127. The Morgan fingerprint density at radius 1 is 1.28 bits per heavy atom. The molecule has 1 aromatic carbocycles. The number of rotatable bonds is 5. The summed E-state index contributed by atoms with van der Waals surface area (Å²) in [5, 5.41) is 2.89. The van der Waals surface area contributed by atoms with E-state index in [9.17, 15) is 8.78 Å². The van der Waals surface area contributed by atoms with E-state index in [-0.39, 0.29) is 24.0 Å². The zero-order valence-electron chi connectivity index (χ0n) is 10.2. The molecule has 1 aromatic rings. The second-order valence-corrected chi connectivity index (χ2v) is 3.72. The summed E-state index contributed by atoms with van der Waals surface area (Å²) >= 11 is 0. The molecule has 18 heavy (non-hydrogen) atoms. The van der Waals surface area contributed by atoms with Crippen molar-refractivity contribution in [2.24, 2.45) is 10.7 Å². The lowest BCUT2D eigenvalue weighted by molar-refractivity contribution is 0.579. The molecule has 0 saturated carbocycles. The highest BCUT2D eigenvalue weighted by Crippen LogP contribution is 2.07. The zero-order valence-corrected chi connectivity index (χ0v) is 12.6. The van der Waals surface area contributed by atoms with E-state index < -0.39 is 11.6 Å². The number of benzene rings is 1. The minimum Gasteiger partial charge on any atom is -0.370 e. The van der Waals surface area contributed by atoms with Gasteiger partial charge in [0, 0.05) is 19.2 Å². The Bertz CT molecular complexity index is 377. The van der Waals surface area contributed by atoms with Gasteiger partial charge in [0.1, 0.15) is 11.6 Å². The van der Waals surface area contributed by atoms with Crippen molar-refractivity contribution >= 4 is 29.9 Å². The van der Waals surface area contributed by atoms with Gasteiger partial charge in [-0.15, -0.1) is 24.0 Å². The molecule has 0 amide bonds. The van der Waals surface area contributed by atoms with Crippen LogP contribution in [0.15, 0.2) is 23.2 Å². The third kappa shape index (κ3) is 6.73. The first kappa shape index (κ1) is 17.1. The minimum absolute atomic E-state index is 0. The Labute approximate surface area is 123 Å². The van der Waals surface area contributed by atoms with Crippen LogP contribution < -0.4 is 11.1 Å². The predicted octanol–water partition coefficient (Wildman–Crippen LogP) is 2.44.